The van der Waals surface area contributed by atoms with Gasteiger partial charge in [0.15, 0.2) is 0 Å². The van der Waals surface area contributed by atoms with E-state index in [-0.39, 0.29) is 0 Å². The first kappa shape index (κ1) is 23.6. The van der Waals surface area contributed by atoms with Crippen molar-refractivity contribution in [2.45, 2.75) is 44.7 Å². The van der Waals surface area contributed by atoms with Crippen LogP contribution in [-0.4, -0.2) is 39.3 Å². The van der Waals surface area contributed by atoms with E-state index < -0.39 is 73.1 Å². The molecule has 156 valence electrons. The van der Waals surface area contributed by atoms with E-state index in [9.17, 15) is 56.7 Å². The topological polar surface area (TPSA) is 43.4 Å². The quantitative estimate of drug-likeness (QED) is 0.214. The van der Waals surface area contributed by atoms with Gasteiger partial charge in [0.25, 0.3) is 0 Å². The average Bonchev–Trinajstić information content (AvgIpc) is 2.41. The number of allylic oxidation sites excluding steroid dienone is 2. The second-order valence-electron chi connectivity index (χ2n) is 5.09. The van der Waals surface area contributed by atoms with E-state index >= 15 is 0 Å². The summed E-state index contributed by atoms with van der Waals surface area (Å²) in [7, 11) is -6.75. The van der Waals surface area contributed by atoms with Crippen molar-refractivity contribution >= 4 is 30.4 Å². The first-order valence-corrected chi connectivity index (χ1v) is 10.7. The Morgan fingerprint density at radius 3 is 1.77 bits per heavy atom. The molecule has 0 fully saturated rings. The van der Waals surface area contributed by atoms with Crippen molar-refractivity contribution in [1.29, 1.82) is 0 Å². The summed E-state index contributed by atoms with van der Waals surface area (Å²) in [5, 5.41) is 0. The van der Waals surface area contributed by atoms with Crippen LogP contribution in [0.4, 0.5) is 48.3 Å². The molecule has 1 atom stereocenters. The van der Waals surface area contributed by atoms with Gasteiger partial charge in [0.05, 0.1) is 0 Å². The van der Waals surface area contributed by atoms with E-state index in [1.165, 1.54) is 0 Å². The van der Waals surface area contributed by atoms with E-state index in [1.54, 1.807) is 0 Å². The van der Waals surface area contributed by atoms with Gasteiger partial charge in [-0.2, -0.15) is 0 Å². The summed E-state index contributed by atoms with van der Waals surface area (Å²) in [4.78, 5) is 0. The zero-order chi connectivity index (χ0) is 21.1. The van der Waals surface area contributed by atoms with Crippen molar-refractivity contribution < 1.29 is 59.2 Å². The number of alkyl halides is 12. The normalized spacial score (nSPS) is 28.7. The molecule has 0 amide bonds. The van der Waals surface area contributed by atoms with Gasteiger partial charge in [0, 0.05) is 0 Å². The molecule has 0 spiro atoms. The van der Waals surface area contributed by atoms with Crippen LogP contribution in [0.5, 0.6) is 0 Å². The van der Waals surface area contributed by atoms with Crippen molar-refractivity contribution in [3.05, 3.63) is 11.9 Å². The van der Waals surface area contributed by atoms with Gasteiger partial charge in [-0.15, -0.1) is 0 Å². The van der Waals surface area contributed by atoms with Crippen LogP contribution in [0.3, 0.4) is 0 Å². The predicted octanol–water partition coefficient (Wildman–Crippen LogP) is 5.12. The third kappa shape index (κ3) is 3.18. The van der Waals surface area contributed by atoms with Gasteiger partial charge >= 0.3 is 146 Å². The molecule has 0 heterocycles. The minimum atomic E-state index is -6.75. The summed E-state index contributed by atoms with van der Waals surface area (Å²) in [6.07, 6.45) is -1.32. The number of hydrogen-bond acceptors (Lipinski definition) is 3. The molecule has 0 saturated carbocycles. The fraction of sp³-hybridized carbons (Fsp3) is 0.800. The SMILES string of the molecule is CC(C)I(OS(=O)(=O)C(F)(F)F)C1(F)C=C(F)C(F)(F)C(F)(F)C1(F)F. The molecule has 0 bridgehead atoms. The summed E-state index contributed by atoms with van der Waals surface area (Å²) >= 11 is -5.61. The first-order chi connectivity index (χ1) is 11.2. The number of halogens is 12. The summed E-state index contributed by atoms with van der Waals surface area (Å²) in [6.45, 7) is 1.26. The van der Waals surface area contributed by atoms with Gasteiger partial charge in [-0.1, -0.05) is 0 Å². The van der Waals surface area contributed by atoms with E-state index in [0.717, 1.165) is 0 Å². The molecule has 3 nitrogen and oxygen atoms in total. The second-order valence-corrected chi connectivity index (χ2v) is 13.3. The van der Waals surface area contributed by atoms with Crippen LogP contribution >= 0.6 is 20.2 Å². The molecular weight excluding hydrogens is 536 g/mol. The Bertz CT molecular complexity index is 700. The van der Waals surface area contributed by atoms with Crippen LogP contribution in [-0.2, 0) is 12.6 Å². The second kappa shape index (κ2) is 6.31. The molecule has 26 heavy (non-hydrogen) atoms. The van der Waals surface area contributed by atoms with Gasteiger partial charge in [0.1, 0.15) is 0 Å². The summed E-state index contributed by atoms with van der Waals surface area (Å²) in [6, 6.07) is 0. The van der Waals surface area contributed by atoms with E-state index in [2.05, 4.69) is 2.51 Å². The first-order valence-electron chi connectivity index (χ1n) is 6.08. The van der Waals surface area contributed by atoms with E-state index in [1.807, 2.05) is 0 Å². The number of hydrogen-bond donors (Lipinski definition) is 0. The Hall–Kier alpha value is -0.390. The van der Waals surface area contributed by atoms with Gasteiger partial charge in [-0.3, -0.25) is 0 Å². The van der Waals surface area contributed by atoms with Crippen LogP contribution in [0.1, 0.15) is 13.8 Å². The van der Waals surface area contributed by atoms with Gasteiger partial charge < -0.3 is 0 Å². The maximum atomic E-state index is 14.7. The third-order valence-electron chi connectivity index (χ3n) is 2.92. The molecule has 0 N–H and O–H groups in total. The summed E-state index contributed by atoms with van der Waals surface area (Å²) in [5.41, 5.74) is -6.24. The third-order valence-corrected chi connectivity index (χ3v) is 11.2. The Kier molecular flexibility index (Phi) is 5.74. The van der Waals surface area contributed by atoms with Crippen molar-refractivity contribution in [3.8, 4) is 0 Å². The molecule has 0 aliphatic heterocycles. The molecule has 0 aromatic rings. The fourth-order valence-electron chi connectivity index (χ4n) is 1.63. The van der Waals surface area contributed by atoms with Crippen molar-refractivity contribution in [2.75, 3.05) is 0 Å². The zero-order valence-electron chi connectivity index (χ0n) is 12.3. The van der Waals surface area contributed by atoms with Crippen molar-refractivity contribution in [1.82, 2.24) is 0 Å². The predicted molar refractivity (Wildman–Crippen MR) is 73.1 cm³/mol. The van der Waals surface area contributed by atoms with Crippen LogP contribution in [0, 0.1) is 0 Å². The Balaban J connectivity index is 3.68. The van der Waals surface area contributed by atoms with E-state index in [4.69, 9.17) is 0 Å². The standard InChI is InChI=1S/C10H8F11IO3S/c1-4(2)22(25-26(23,24)10(19,20)21)6(12)3-5(11)7(13,14)9(17,18)8(6,15)16/h3-4H,1-2H3. The van der Waals surface area contributed by atoms with Crippen molar-refractivity contribution in [3.63, 3.8) is 0 Å². The fourth-order valence-corrected chi connectivity index (χ4v) is 9.69. The molecule has 1 aliphatic carbocycles. The molecular formula is C10H8F11IO3S. The molecule has 1 unspecified atom stereocenters. The molecule has 1 rings (SSSR count). The molecule has 0 aromatic carbocycles. The van der Waals surface area contributed by atoms with Crippen LogP contribution < -0.4 is 0 Å². The Morgan fingerprint density at radius 1 is 1.00 bits per heavy atom. The maximum absolute atomic E-state index is 14.7. The zero-order valence-corrected chi connectivity index (χ0v) is 15.3. The van der Waals surface area contributed by atoms with Crippen LogP contribution in [0.25, 0.3) is 0 Å². The average molecular weight is 544 g/mol. The molecule has 0 aromatic heterocycles. The minimum absolute atomic E-state index is 0.630. The Morgan fingerprint density at radius 2 is 1.42 bits per heavy atom. The van der Waals surface area contributed by atoms with Crippen molar-refractivity contribution in [2.24, 2.45) is 0 Å². The number of rotatable bonds is 4. The summed E-state index contributed by atoms with van der Waals surface area (Å²) < 4.78 is 164. The van der Waals surface area contributed by atoms with Gasteiger partial charge in [-0.05, 0) is 0 Å². The molecule has 16 heteroatoms. The van der Waals surface area contributed by atoms with Gasteiger partial charge in [0.2, 0.25) is 0 Å². The molecule has 0 saturated heterocycles. The Labute approximate surface area is 146 Å². The van der Waals surface area contributed by atoms with Gasteiger partial charge in [-0.25, -0.2) is 0 Å². The monoisotopic (exact) mass is 544 g/mol. The summed E-state index contributed by atoms with van der Waals surface area (Å²) in [5.74, 6) is -22.7. The van der Waals surface area contributed by atoms with E-state index in [0.29, 0.717) is 13.8 Å². The van der Waals surface area contributed by atoms with Crippen LogP contribution in [0.15, 0.2) is 11.9 Å². The van der Waals surface area contributed by atoms with Crippen LogP contribution in [0.2, 0.25) is 0 Å². The molecule has 0 radical (unpaired) electrons. The molecule has 1 aliphatic rings.